The molecule has 4 atom stereocenters. The Morgan fingerprint density at radius 2 is 1.93 bits per heavy atom. The van der Waals surface area contributed by atoms with E-state index in [2.05, 4.69) is 10.0 Å². The van der Waals surface area contributed by atoms with Crippen LogP contribution in [0.4, 0.5) is 5.69 Å². The van der Waals surface area contributed by atoms with Gasteiger partial charge in [-0.2, -0.15) is 0 Å². The smallest absolute Gasteiger partial charge is 0.335 e. The van der Waals surface area contributed by atoms with Crippen LogP contribution in [0, 0.1) is 0 Å². The lowest BCUT2D eigenvalue weighted by Gasteiger charge is -2.15. The van der Waals surface area contributed by atoms with Gasteiger partial charge in [0.15, 0.2) is 0 Å². The van der Waals surface area contributed by atoms with Crippen molar-refractivity contribution in [2.75, 3.05) is 6.61 Å². The Hall–Kier alpha value is -3.28. The number of aliphatic hydroxyl groups excluding tert-OH is 3. The van der Waals surface area contributed by atoms with E-state index in [-0.39, 0.29) is 16.8 Å². The predicted octanol–water partition coefficient (Wildman–Crippen LogP) is -0.679. The summed E-state index contributed by atoms with van der Waals surface area (Å²) in [5.41, 5.74) is 6.55. The third kappa shape index (κ3) is 3.45. The van der Waals surface area contributed by atoms with Crippen molar-refractivity contribution in [3.8, 4) is 0 Å². The van der Waals surface area contributed by atoms with Gasteiger partial charge >= 0.3 is 5.69 Å². The molecule has 1 fully saturated rings. The molecule has 12 nitrogen and oxygen atoms in total. The molecule has 1 aromatic carbocycles. The van der Waals surface area contributed by atoms with Crippen LogP contribution >= 0.6 is 0 Å². The lowest BCUT2D eigenvalue weighted by Crippen LogP contribution is -2.38. The van der Waals surface area contributed by atoms with Gasteiger partial charge in [-0.15, -0.1) is 0 Å². The van der Waals surface area contributed by atoms with Gasteiger partial charge < -0.3 is 20.1 Å². The fourth-order valence-corrected chi connectivity index (χ4v) is 2.86. The molecule has 1 aromatic heterocycles. The number of carbonyl (C=O) groups is 1. The Morgan fingerprint density at radius 3 is 2.50 bits per heavy atom. The maximum Gasteiger partial charge on any atom is 0.335 e. The van der Waals surface area contributed by atoms with Crippen molar-refractivity contribution in [1.29, 1.82) is 0 Å². The third-order valence-corrected chi connectivity index (χ3v) is 4.31. The summed E-state index contributed by atoms with van der Waals surface area (Å²) in [5.74, 6) is -0.790. The number of H-pyrrole nitrogens is 1. The average Bonchev–Trinajstić information content (AvgIpc) is 2.97. The molecule has 1 aliphatic heterocycles. The van der Waals surface area contributed by atoms with Gasteiger partial charge in [-0.05, 0) is 17.7 Å². The summed E-state index contributed by atoms with van der Waals surface area (Å²) in [4.78, 5) is 41.4. The van der Waals surface area contributed by atoms with Crippen molar-refractivity contribution in [2.24, 2.45) is 5.11 Å². The van der Waals surface area contributed by atoms with Crippen LogP contribution in [-0.2, 0) is 4.74 Å². The van der Waals surface area contributed by atoms with Crippen molar-refractivity contribution in [3.05, 3.63) is 72.9 Å². The van der Waals surface area contributed by atoms with Gasteiger partial charge in [-0.1, -0.05) is 17.2 Å². The maximum atomic E-state index is 12.6. The molecule has 28 heavy (non-hydrogen) atoms. The average molecular weight is 389 g/mol. The molecule has 0 bridgehead atoms. The van der Waals surface area contributed by atoms with Crippen molar-refractivity contribution >= 4 is 11.6 Å². The second-order valence-corrected chi connectivity index (χ2v) is 6.01. The van der Waals surface area contributed by atoms with Crippen LogP contribution in [0.1, 0.15) is 22.0 Å². The number of nitrogens with one attached hydrogen (secondary N) is 1. The highest BCUT2D eigenvalue weighted by Gasteiger charge is 2.44. The van der Waals surface area contributed by atoms with Crippen LogP contribution in [0.15, 0.2) is 45.2 Å². The van der Waals surface area contributed by atoms with Crippen LogP contribution in [0.5, 0.6) is 0 Å². The van der Waals surface area contributed by atoms with E-state index in [1.807, 2.05) is 4.98 Å². The Balaban J connectivity index is 2.00. The topological polar surface area (TPSA) is 191 Å². The molecule has 2 aromatic rings. The highest BCUT2D eigenvalue weighted by molar-refractivity contribution is 5.96. The monoisotopic (exact) mass is 389 g/mol. The van der Waals surface area contributed by atoms with E-state index in [0.717, 1.165) is 6.20 Å². The molecule has 3 rings (SSSR count). The molecule has 0 spiro atoms. The Kier molecular flexibility index (Phi) is 5.40. The van der Waals surface area contributed by atoms with E-state index in [4.69, 9.17) is 15.4 Å². The van der Waals surface area contributed by atoms with E-state index in [1.54, 1.807) is 0 Å². The molecular formula is C16H15N5O7. The molecule has 4 N–H and O–H groups in total. The van der Waals surface area contributed by atoms with Gasteiger partial charge in [0.05, 0.1) is 12.2 Å². The number of aromatic nitrogens is 2. The summed E-state index contributed by atoms with van der Waals surface area (Å²) >= 11 is 0. The first-order chi connectivity index (χ1) is 13.4. The number of aromatic amines is 1. The highest BCUT2D eigenvalue weighted by Crippen LogP contribution is 2.31. The van der Waals surface area contributed by atoms with Crippen molar-refractivity contribution in [1.82, 2.24) is 9.55 Å². The Morgan fingerprint density at radius 1 is 1.25 bits per heavy atom. The molecule has 0 aliphatic carbocycles. The summed E-state index contributed by atoms with van der Waals surface area (Å²) in [6, 6.07) is 5.40. The first-order valence-corrected chi connectivity index (χ1v) is 8.05. The molecule has 1 saturated heterocycles. The van der Waals surface area contributed by atoms with E-state index < -0.39 is 48.2 Å². The van der Waals surface area contributed by atoms with Gasteiger partial charge in [0.2, 0.25) is 0 Å². The number of benzene rings is 1. The fraction of sp³-hybridized carbons (Fsp3) is 0.312. The first kappa shape index (κ1) is 19.5. The summed E-state index contributed by atoms with van der Waals surface area (Å²) in [7, 11) is 0. The fourth-order valence-electron chi connectivity index (χ4n) is 2.86. The number of rotatable bonds is 4. The lowest BCUT2D eigenvalue weighted by molar-refractivity contribution is -0.0233. The zero-order valence-corrected chi connectivity index (χ0v) is 14.2. The molecule has 0 radical (unpaired) electrons. The lowest BCUT2D eigenvalue weighted by atomic mass is 10.0. The summed E-state index contributed by atoms with van der Waals surface area (Å²) in [5, 5.41) is 32.5. The zero-order chi connectivity index (χ0) is 20.4. The van der Waals surface area contributed by atoms with E-state index in [1.165, 1.54) is 24.3 Å². The van der Waals surface area contributed by atoms with Crippen molar-refractivity contribution in [3.63, 3.8) is 0 Å². The van der Waals surface area contributed by atoms with Crippen molar-refractivity contribution in [2.45, 2.75) is 24.4 Å². The number of ether oxygens (including phenoxy) is 1. The van der Waals surface area contributed by atoms with Crippen molar-refractivity contribution < 1.29 is 24.9 Å². The SMILES string of the molecule is [N-]=[N+]=Nc1ccc(C(=O)n2cc([C@@H]3O[C@H](CO)[C@@H](O)[C@H]3O)c(=O)[nH]c2=O)cc1. The minimum Gasteiger partial charge on any atom is -0.394 e. The van der Waals surface area contributed by atoms with Gasteiger partial charge in [0.1, 0.15) is 24.4 Å². The minimum atomic E-state index is -1.54. The molecule has 0 saturated carbocycles. The number of nitrogens with zero attached hydrogens (tertiary/aromatic N) is 4. The van der Waals surface area contributed by atoms with Gasteiger partial charge in [0, 0.05) is 22.4 Å². The first-order valence-electron chi connectivity index (χ1n) is 8.05. The van der Waals surface area contributed by atoms with E-state index in [0.29, 0.717) is 4.57 Å². The number of hydrogen-bond acceptors (Lipinski definition) is 8. The Bertz CT molecular complexity index is 1050. The minimum absolute atomic E-state index is 0.0677. The third-order valence-electron chi connectivity index (χ3n) is 4.31. The molecule has 12 heteroatoms. The largest absolute Gasteiger partial charge is 0.394 e. The second kappa shape index (κ2) is 7.76. The van der Waals surface area contributed by atoms with Crippen LogP contribution in [-0.4, -0.2) is 55.7 Å². The molecule has 1 aliphatic rings. The summed E-state index contributed by atoms with van der Waals surface area (Å²) in [6.07, 6.45) is -4.53. The highest BCUT2D eigenvalue weighted by atomic mass is 16.6. The van der Waals surface area contributed by atoms with Gasteiger partial charge in [-0.25, -0.2) is 9.36 Å². The summed E-state index contributed by atoms with van der Waals surface area (Å²) in [6.45, 7) is -0.595. The number of aliphatic hydroxyl groups is 3. The zero-order valence-electron chi connectivity index (χ0n) is 14.2. The molecular weight excluding hydrogens is 374 g/mol. The second-order valence-electron chi connectivity index (χ2n) is 6.01. The molecule has 0 unspecified atom stereocenters. The van der Waals surface area contributed by atoms with E-state index in [9.17, 15) is 24.6 Å². The van der Waals surface area contributed by atoms with Crippen LogP contribution in [0.25, 0.3) is 10.4 Å². The standard InChI is InChI=1S/C16H15N5O7/c17-20-19-8-3-1-7(2-4-8)15(26)21-5-9(14(25)18-16(21)27)13-12(24)11(23)10(6-22)28-13/h1-5,10-13,22-24H,6H2,(H,18,25,27)/t10-,11-,12-,13+/m1/s1. The predicted molar refractivity (Wildman–Crippen MR) is 93.0 cm³/mol. The number of carbonyl (C=O) groups excluding carboxylic acids is 1. The molecule has 0 amide bonds. The maximum absolute atomic E-state index is 12.6. The van der Waals surface area contributed by atoms with Gasteiger partial charge in [0.25, 0.3) is 11.5 Å². The van der Waals surface area contributed by atoms with Crippen LogP contribution in [0.3, 0.4) is 0 Å². The van der Waals surface area contributed by atoms with Crippen LogP contribution < -0.4 is 11.2 Å². The van der Waals surface area contributed by atoms with E-state index >= 15 is 0 Å². The molecule has 146 valence electrons. The summed E-state index contributed by atoms with van der Waals surface area (Å²) < 4.78 is 5.90. The van der Waals surface area contributed by atoms with Gasteiger partial charge in [-0.3, -0.25) is 14.6 Å². The number of hydrogen-bond donors (Lipinski definition) is 4. The number of azide groups is 1. The normalized spacial score (nSPS) is 24.0. The van der Waals surface area contributed by atoms with Crippen LogP contribution in [0.2, 0.25) is 0 Å². The Labute approximate surface area is 155 Å². The molecule has 2 heterocycles. The quantitative estimate of drug-likeness (QED) is 0.302.